The molecule has 0 radical (unpaired) electrons. The maximum atomic E-state index is 11.2. The minimum absolute atomic E-state index is 0.172. The Labute approximate surface area is 82.9 Å². The molecule has 0 amide bonds. The van der Waals surface area contributed by atoms with Gasteiger partial charge in [-0.25, -0.2) is 0 Å². The van der Waals surface area contributed by atoms with E-state index >= 15 is 0 Å². The Bertz CT molecular complexity index is 253. The lowest BCUT2D eigenvalue weighted by Gasteiger charge is -2.15. The first-order valence-corrected chi connectivity index (χ1v) is 4.77. The van der Waals surface area contributed by atoms with E-state index in [9.17, 15) is 4.79 Å². The zero-order valence-electron chi connectivity index (χ0n) is 5.60. The fraction of sp³-hybridized carbons (Fsp3) is 0.500. The van der Waals surface area contributed by atoms with E-state index in [1.165, 1.54) is 0 Å². The van der Waals surface area contributed by atoms with E-state index in [0.29, 0.717) is 11.6 Å². The van der Waals surface area contributed by atoms with E-state index in [0.717, 1.165) is 10.2 Å². The Balaban J connectivity index is 2.28. The van der Waals surface area contributed by atoms with Crippen LogP contribution in [0.2, 0.25) is 0 Å². The fourth-order valence-corrected chi connectivity index (χ4v) is 2.19. The van der Waals surface area contributed by atoms with Gasteiger partial charge in [0.15, 0.2) is 11.9 Å². The number of Topliss-reactive ketones (excluding diaryl/α,β-unsaturated/α-hetero) is 1. The molecule has 2 aliphatic heterocycles. The molecule has 0 aromatic heterocycles. The SMILES string of the molecule is O=C1CCN2C(Cl)=C(I)NC12. The Morgan fingerprint density at radius 1 is 1.73 bits per heavy atom. The van der Waals surface area contributed by atoms with Gasteiger partial charge in [0.2, 0.25) is 0 Å². The van der Waals surface area contributed by atoms with Crippen molar-refractivity contribution < 1.29 is 4.79 Å². The lowest BCUT2D eigenvalue weighted by Crippen LogP contribution is -2.35. The maximum absolute atomic E-state index is 11.2. The van der Waals surface area contributed by atoms with Crippen LogP contribution in [0.25, 0.3) is 0 Å². The average molecular weight is 284 g/mol. The molecular weight excluding hydrogens is 278 g/mol. The lowest BCUT2D eigenvalue weighted by molar-refractivity contribution is -0.119. The van der Waals surface area contributed by atoms with E-state index in [2.05, 4.69) is 27.9 Å². The minimum Gasteiger partial charge on any atom is -0.352 e. The summed E-state index contributed by atoms with van der Waals surface area (Å²) in [6, 6.07) is 0. The molecule has 1 unspecified atom stereocenters. The molecule has 2 heterocycles. The number of ketones is 1. The van der Waals surface area contributed by atoms with Crippen molar-refractivity contribution in [3.8, 4) is 0 Å². The van der Waals surface area contributed by atoms with Crippen LogP contribution < -0.4 is 5.32 Å². The average Bonchev–Trinajstić information content (AvgIpc) is 2.43. The number of hydrogen-bond donors (Lipinski definition) is 1. The van der Waals surface area contributed by atoms with Gasteiger partial charge in [-0.1, -0.05) is 11.6 Å². The molecule has 0 saturated carbocycles. The van der Waals surface area contributed by atoms with Crippen LogP contribution in [0.1, 0.15) is 6.42 Å². The third-order valence-electron chi connectivity index (χ3n) is 1.91. The van der Waals surface area contributed by atoms with Crippen LogP contribution in [0.4, 0.5) is 0 Å². The van der Waals surface area contributed by atoms with Crippen LogP contribution in [-0.2, 0) is 4.79 Å². The van der Waals surface area contributed by atoms with Gasteiger partial charge in [0, 0.05) is 13.0 Å². The molecule has 0 aromatic carbocycles. The maximum Gasteiger partial charge on any atom is 0.177 e. The number of nitrogens with zero attached hydrogens (tertiary/aromatic N) is 1. The summed E-state index contributed by atoms with van der Waals surface area (Å²) in [4.78, 5) is 13.0. The Morgan fingerprint density at radius 3 is 3.09 bits per heavy atom. The highest BCUT2D eigenvalue weighted by Crippen LogP contribution is 2.31. The van der Waals surface area contributed by atoms with Crippen molar-refractivity contribution in [3.63, 3.8) is 0 Å². The first kappa shape index (κ1) is 7.67. The molecule has 1 atom stereocenters. The highest BCUT2D eigenvalue weighted by molar-refractivity contribution is 14.1. The van der Waals surface area contributed by atoms with E-state index < -0.39 is 0 Å². The third-order valence-corrected chi connectivity index (χ3v) is 3.46. The van der Waals surface area contributed by atoms with Gasteiger partial charge in [-0.3, -0.25) is 4.79 Å². The summed E-state index contributed by atoms with van der Waals surface area (Å²) in [6.45, 7) is 0.752. The Kier molecular flexibility index (Phi) is 1.75. The number of carbonyl (C=O) groups is 1. The number of fused-ring (bicyclic) bond motifs is 1. The normalized spacial score (nSPS) is 29.5. The minimum atomic E-state index is -0.172. The molecule has 1 N–H and O–H groups in total. The molecule has 3 nitrogen and oxygen atoms in total. The van der Waals surface area contributed by atoms with E-state index in [4.69, 9.17) is 11.6 Å². The predicted octanol–water partition coefficient (Wildman–Crippen LogP) is 0.991. The number of hydrogen-bond acceptors (Lipinski definition) is 3. The predicted molar refractivity (Wildman–Crippen MR) is 50.2 cm³/mol. The van der Waals surface area contributed by atoms with Gasteiger partial charge >= 0.3 is 0 Å². The first-order chi connectivity index (χ1) is 5.20. The summed E-state index contributed by atoms with van der Waals surface area (Å²) in [6.07, 6.45) is 0.437. The molecule has 1 saturated heterocycles. The quantitative estimate of drug-likeness (QED) is 0.532. The van der Waals surface area contributed by atoms with E-state index in [1.807, 2.05) is 4.90 Å². The number of carbonyl (C=O) groups excluding carboxylic acids is 1. The van der Waals surface area contributed by atoms with Crippen molar-refractivity contribution in [1.82, 2.24) is 10.2 Å². The Morgan fingerprint density at radius 2 is 2.45 bits per heavy atom. The van der Waals surface area contributed by atoms with Gasteiger partial charge < -0.3 is 10.2 Å². The standard InChI is InChI=1S/C6H6ClIN2O/c7-4-5(8)9-6-3(11)1-2-10(4)6/h6,9H,1-2H2. The number of nitrogens with one attached hydrogen (secondary N) is 1. The summed E-state index contributed by atoms with van der Waals surface area (Å²) >= 11 is 8.01. The van der Waals surface area contributed by atoms with Crippen LogP contribution in [-0.4, -0.2) is 23.4 Å². The van der Waals surface area contributed by atoms with Crippen molar-refractivity contribution in [2.45, 2.75) is 12.6 Å². The van der Waals surface area contributed by atoms with E-state index in [1.54, 1.807) is 0 Å². The van der Waals surface area contributed by atoms with Crippen molar-refractivity contribution in [1.29, 1.82) is 0 Å². The molecule has 2 rings (SSSR count). The molecular formula is C6H6ClIN2O. The molecule has 2 aliphatic rings. The lowest BCUT2D eigenvalue weighted by atomic mass is 10.3. The smallest absolute Gasteiger partial charge is 0.177 e. The zero-order chi connectivity index (χ0) is 8.01. The zero-order valence-corrected chi connectivity index (χ0v) is 8.52. The van der Waals surface area contributed by atoms with Gasteiger partial charge in [-0.05, 0) is 22.6 Å². The van der Waals surface area contributed by atoms with Gasteiger partial charge in [-0.2, -0.15) is 0 Å². The molecule has 11 heavy (non-hydrogen) atoms. The third kappa shape index (κ3) is 1.03. The molecule has 0 spiro atoms. The molecule has 1 fully saturated rings. The highest BCUT2D eigenvalue weighted by Gasteiger charge is 2.38. The number of rotatable bonds is 0. The summed E-state index contributed by atoms with van der Waals surface area (Å²) < 4.78 is 0.877. The van der Waals surface area contributed by atoms with Gasteiger partial charge in [0.05, 0.1) is 0 Å². The summed E-state index contributed by atoms with van der Waals surface area (Å²) in [5.41, 5.74) is 0. The monoisotopic (exact) mass is 284 g/mol. The highest BCUT2D eigenvalue weighted by atomic mass is 127. The largest absolute Gasteiger partial charge is 0.352 e. The second-order valence-corrected chi connectivity index (χ2v) is 4.00. The van der Waals surface area contributed by atoms with Crippen molar-refractivity contribution in [2.75, 3.05) is 6.54 Å². The Hall–Kier alpha value is 0.0300. The van der Waals surface area contributed by atoms with Gasteiger partial charge in [0.25, 0.3) is 0 Å². The fourth-order valence-electron chi connectivity index (χ4n) is 1.35. The van der Waals surface area contributed by atoms with Crippen molar-refractivity contribution >= 4 is 40.0 Å². The first-order valence-electron chi connectivity index (χ1n) is 3.31. The van der Waals surface area contributed by atoms with Gasteiger partial charge in [0.1, 0.15) is 8.86 Å². The molecule has 0 bridgehead atoms. The van der Waals surface area contributed by atoms with Gasteiger partial charge in [-0.15, -0.1) is 0 Å². The van der Waals surface area contributed by atoms with Crippen LogP contribution in [0.3, 0.4) is 0 Å². The van der Waals surface area contributed by atoms with Crippen molar-refractivity contribution in [2.24, 2.45) is 0 Å². The summed E-state index contributed by atoms with van der Waals surface area (Å²) in [7, 11) is 0. The van der Waals surface area contributed by atoms with Crippen LogP contribution in [0.5, 0.6) is 0 Å². The second kappa shape index (κ2) is 2.52. The van der Waals surface area contributed by atoms with Crippen LogP contribution in [0.15, 0.2) is 8.86 Å². The number of halogens is 2. The van der Waals surface area contributed by atoms with Crippen LogP contribution in [0, 0.1) is 0 Å². The van der Waals surface area contributed by atoms with Crippen molar-refractivity contribution in [3.05, 3.63) is 8.86 Å². The van der Waals surface area contributed by atoms with E-state index in [-0.39, 0.29) is 11.9 Å². The topological polar surface area (TPSA) is 32.3 Å². The molecule has 0 aliphatic carbocycles. The molecule has 60 valence electrons. The summed E-state index contributed by atoms with van der Waals surface area (Å²) in [5, 5.41) is 3.71. The van der Waals surface area contributed by atoms with Crippen LogP contribution >= 0.6 is 34.2 Å². The second-order valence-electron chi connectivity index (χ2n) is 2.56. The summed E-state index contributed by atoms with van der Waals surface area (Å²) in [5.74, 6) is 0.231. The molecule has 5 heteroatoms. The molecule has 0 aromatic rings.